The van der Waals surface area contributed by atoms with Crippen LogP contribution in [-0.2, 0) is 4.79 Å². The van der Waals surface area contributed by atoms with Crippen LogP contribution in [0.5, 0.6) is 23.0 Å². The van der Waals surface area contributed by atoms with Gasteiger partial charge in [-0.3, -0.25) is 9.78 Å². The average molecular weight is 621 g/mol. The summed E-state index contributed by atoms with van der Waals surface area (Å²) >= 11 is 0. The molecular weight excluding hydrogens is 582 g/mol. The number of aliphatic hydroxyl groups excluding tert-OH is 1. The number of aromatic nitrogens is 1. The minimum Gasteiger partial charge on any atom is -0.493 e. The Hall–Kier alpha value is -4.48. The Balaban J connectivity index is 1.27. The van der Waals surface area contributed by atoms with E-state index in [2.05, 4.69) is 34.4 Å². The summed E-state index contributed by atoms with van der Waals surface area (Å²) < 4.78 is 46.1. The van der Waals surface area contributed by atoms with Crippen molar-refractivity contribution in [2.24, 2.45) is 5.41 Å². The van der Waals surface area contributed by atoms with Crippen molar-refractivity contribution in [3.05, 3.63) is 78.5 Å². The molecule has 3 N–H and O–H groups in total. The second-order valence-corrected chi connectivity index (χ2v) is 11.0. The molecule has 1 fully saturated rings. The Labute approximate surface area is 261 Å². The fourth-order valence-corrected chi connectivity index (χ4v) is 5.14. The Morgan fingerprint density at radius 2 is 1.71 bits per heavy atom. The third-order valence-corrected chi connectivity index (χ3v) is 8.08. The van der Waals surface area contributed by atoms with Gasteiger partial charge in [0.2, 0.25) is 5.91 Å². The topological polar surface area (TPSA) is 105 Å². The van der Waals surface area contributed by atoms with Crippen LogP contribution in [0.1, 0.15) is 33.1 Å². The molecule has 9 nitrogen and oxygen atoms in total. The van der Waals surface area contributed by atoms with Gasteiger partial charge in [0.15, 0.2) is 23.1 Å². The number of ether oxygens (including phenoxy) is 3. The predicted octanol–water partition coefficient (Wildman–Crippen LogP) is 6.57. The van der Waals surface area contributed by atoms with Gasteiger partial charge in [-0.1, -0.05) is 13.8 Å². The first-order valence-corrected chi connectivity index (χ1v) is 15.1. The molecule has 238 valence electrons. The maximum atomic E-state index is 15.3. The lowest BCUT2D eigenvalue weighted by Gasteiger charge is -2.23. The molecule has 1 atom stereocenters. The highest BCUT2D eigenvalue weighted by atomic mass is 19.1. The number of methoxy groups -OCH3 is 1. The fourth-order valence-electron chi connectivity index (χ4n) is 5.14. The number of carbonyl (C=O) groups excluding carboxylic acids is 1. The maximum Gasteiger partial charge on any atom is 0.235 e. The van der Waals surface area contributed by atoms with Gasteiger partial charge in [0.25, 0.3) is 0 Å². The molecule has 5 rings (SSSR count). The Kier molecular flexibility index (Phi) is 9.99. The molecule has 0 bridgehead atoms. The number of rotatable bonds is 15. The SMILES string of the molecule is CCN(CC)CCCOc1cc2c(Oc3ccc(NC(O)C4(C(=O)Nc5ccc(F)cc5)CC4)cc3F)ccnc2cc1OC. The number of amides is 1. The molecule has 0 aliphatic heterocycles. The summed E-state index contributed by atoms with van der Waals surface area (Å²) in [5.41, 5.74) is 0.207. The van der Waals surface area contributed by atoms with Crippen molar-refractivity contribution in [3.8, 4) is 23.0 Å². The van der Waals surface area contributed by atoms with Gasteiger partial charge in [-0.25, -0.2) is 8.78 Å². The lowest BCUT2D eigenvalue weighted by atomic mass is 10.0. The van der Waals surface area contributed by atoms with Gasteiger partial charge < -0.3 is 34.9 Å². The van der Waals surface area contributed by atoms with E-state index in [4.69, 9.17) is 14.2 Å². The smallest absolute Gasteiger partial charge is 0.235 e. The third kappa shape index (κ3) is 7.43. The molecular formula is C34H38F2N4O5. The van der Waals surface area contributed by atoms with Crippen LogP contribution < -0.4 is 24.8 Å². The minimum atomic E-state index is -1.27. The predicted molar refractivity (Wildman–Crippen MR) is 169 cm³/mol. The molecule has 3 aromatic carbocycles. The molecule has 1 unspecified atom stereocenters. The summed E-state index contributed by atoms with van der Waals surface area (Å²) in [6.07, 6.45) is 2.03. The number of halogens is 2. The Morgan fingerprint density at radius 3 is 2.38 bits per heavy atom. The van der Waals surface area contributed by atoms with Crippen LogP contribution in [0.3, 0.4) is 0 Å². The zero-order valence-electron chi connectivity index (χ0n) is 25.6. The molecule has 0 spiro atoms. The number of hydrogen-bond acceptors (Lipinski definition) is 8. The number of anilines is 2. The quantitative estimate of drug-likeness (QED) is 0.101. The van der Waals surface area contributed by atoms with Crippen LogP contribution in [0.4, 0.5) is 20.2 Å². The van der Waals surface area contributed by atoms with Gasteiger partial charge in [0, 0.05) is 41.6 Å². The number of hydrogen-bond donors (Lipinski definition) is 3. The van der Waals surface area contributed by atoms with Gasteiger partial charge >= 0.3 is 0 Å². The summed E-state index contributed by atoms with van der Waals surface area (Å²) in [6.45, 7) is 7.64. The summed E-state index contributed by atoms with van der Waals surface area (Å²) in [5.74, 6) is -0.0656. The summed E-state index contributed by atoms with van der Waals surface area (Å²) in [4.78, 5) is 19.6. The van der Waals surface area contributed by atoms with E-state index in [0.29, 0.717) is 53.3 Å². The first kappa shape index (κ1) is 31.9. The number of pyridine rings is 1. The van der Waals surface area contributed by atoms with Gasteiger partial charge in [0.1, 0.15) is 17.8 Å². The summed E-state index contributed by atoms with van der Waals surface area (Å²) in [7, 11) is 1.56. The van der Waals surface area contributed by atoms with E-state index >= 15 is 4.39 Å². The van der Waals surface area contributed by atoms with Crippen molar-refractivity contribution in [2.45, 2.75) is 39.3 Å². The van der Waals surface area contributed by atoms with E-state index in [9.17, 15) is 14.3 Å². The Bertz CT molecular complexity index is 1630. The second kappa shape index (κ2) is 14.1. The molecule has 4 aromatic rings. The molecule has 0 radical (unpaired) electrons. The Morgan fingerprint density at radius 1 is 0.978 bits per heavy atom. The highest BCUT2D eigenvalue weighted by molar-refractivity contribution is 5.98. The molecule has 1 amide bonds. The van der Waals surface area contributed by atoms with Gasteiger partial charge in [-0.05, 0) is 80.9 Å². The number of nitrogens with zero attached hydrogens (tertiary/aromatic N) is 2. The van der Waals surface area contributed by atoms with Crippen LogP contribution in [0.15, 0.2) is 66.9 Å². The highest BCUT2D eigenvalue weighted by Crippen LogP contribution is 2.50. The highest BCUT2D eigenvalue weighted by Gasteiger charge is 2.56. The molecule has 0 saturated heterocycles. The second-order valence-electron chi connectivity index (χ2n) is 11.0. The molecule has 1 aliphatic carbocycles. The van der Waals surface area contributed by atoms with Crippen molar-refractivity contribution >= 4 is 28.2 Å². The van der Waals surface area contributed by atoms with Crippen LogP contribution in [0, 0.1) is 17.0 Å². The van der Waals surface area contributed by atoms with Crippen molar-refractivity contribution in [3.63, 3.8) is 0 Å². The molecule has 11 heteroatoms. The molecule has 1 heterocycles. The van der Waals surface area contributed by atoms with E-state index in [1.807, 2.05) is 0 Å². The zero-order chi connectivity index (χ0) is 32.0. The number of nitrogens with one attached hydrogen (secondary N) is 2. The van der Waals surface area contributed by atoms with E-state index in [0.717, 1.165) is 26.1 Å². The zero-order valence-corrected chi connectivity index (χ0v) is 25.6. The van der Waals surface area contributed by atoms with Crippen LogP contribution in [0.25, 0.3) is 10.9 Å². The van der Waals surface area contributed by atoms with Crippen LogP contribution >= 0.6 is 0 Å². The standard InChI is InChI=1S/C34H38F2N4O5/c1-4-40(5-2)17-6-18-44-31-20-25-27(21-30(31)43-3)37-16-13-28(25)45-29-12-11-24(19-26(29)36)39-33(42)34(14-15-34)32(41)38-23-9-7-22(35)8-10-23/h7-13,16,19-21,33,39,42H,4-6,14-15,17-18H2,1-3H3,(H,38,41). The van der Waals surface area contributed by atoms with Crippen molar-refractivity contribution in [1.29, 1.82) is 0 Å². The van der Waals surface area contributed by atoms with E-state index in [1.54, 1.807) is 37.6 Å². The van der Waals surface area contributed by atoms with E-state index < -0.39 is 29.2 Å². The van der Waals surface area contributed by atoms with Crippen molar-refractivity contribution in [2.75, 3.05) is 44.0 Å². The van der Waals surface area contributed by atoms with Crippen LogP contribution in [0.2, 0.25) is 0 Å². The largest absolute Gasteiger partial charge is 0.493 e. The fraction of sp³-hybridized carbons (Fsp3) is 0.353. The first-order chi connectivity index (χ1) is 21.8. The normalized spacial score (nSPS) is 14.2. The summed E-state index contributed by atoms with van der Waals surface area (Å²) in [5, 5.41) is 17.1. The van der Waals surface area contributed by atoms with E-state index in [1.165, 1.54) is 36.4 Å². The number of carbonyl (C=O) groups is 1. The maximum absolute atomic E-state index is 15.3. The molecule has 1 saturated carbocycles. The first-order valence-electron chi connectivity index (χ1n) is 15.1. The lowest BCUT2D eigenvalue weighted by molar-refractivity contribution is -0.124. The monoisotopic (exact) mass is 620 g/mol. The average Bonchev–Trinajstić information content (AvgIpc) is 3.86. The summed E-state index contributed by atoms with van der Waals surface area (Å²) in [6, 6.07) is 14.8. The van der Waals surface area contributed by atoms with Crippen molar-refractivity contribution in [1.82, 2.24) is 9.88 Å². The van der Waals surface area contributed by atoms with Crippen LogP contribution in [-0.4, -0.2) is 60.5 Å². The van der Waals surface area contributed by atoms with Gasteiger partial charge in [0.05, 0.1) is 24.6 Å². The van der Waals surface area contributed by atoms with Crippen molar-refractivity contribution < 1.29 is 32.9 Å². The molecule has 1 aliphatic rings. The van der Waals surface area contributed by atoms with Gasteiger partial charge in [-0.2, -0.15) is 0 Å². The third-order valence-electron chi connectivity index (χ3n) is 8.08. The number of aliphatic hydroxyl groups is 1. The van der Waals surface area contributed by atoms with Gasteiger partial charge in [-0.15, -0.1) is 0 Å². The number of benzene rings is 3. The molecule has 45 heavy (non-hydrogen) atoms. The lowest BCUT2D eigenvalue weighted by Crippen LogP contribution is -2.39. The van der Waals surface area contributed by atoms with E-state index in [-0.39, 0.29) is 11.4 Å². The molecule has 1 aromatic heterocycles. The minimum absolute atomic E-state index is 0.0322. The number of fused-ring (bicyclic) bond motifs is 1.